The molecule has 4 nitrogen and oxygen atoms in total. The lowest BCUT2D eigenvalue weighted by atomic mass is 10.3. The van der Waals surface area contributed by atoms with Crippen molar-refractivity contribution < 1.29 is 9.47 Å². The Bertz CT molecular complexity index is 628. The Morgan fingerprint density at radius 1 is 1.20 bits per heavy atom. The molecular formula is C15H22N2O2S. The molecule has 0 bridgehead atoms. The molecule has 1 N–H and O–H groups in total. The highest BCUT2D eigenvalue weighted by molar-refractivity contribution is 7.71. The number of aromatic nitrogens is 2. The van der Waals surface area contributed by atoms with Crippen molar-refractivity contribution in [3.05, 3.63) is 23.0 Å². The van der Waals surface area contributed by atoms with Crippen LogP contribution in [0.3, 0.4) is 0 Å². The lowest BCUT2D eigenvalue weighted by molar-refractivity contribution is 0.0731. The normalized spacial score (nSPS) is 11.7. The average molecular weight is 294 g/mol. The molecule has 0 spiro atoms. The van der Waals surface area contributed by atoms with Crippen molar-refractivity contribution in [2.75, 3.05) is 6.61 Å². The number of nitrogens with zero attached hydrogens (tertiary/aromatic N) is 1. The largest absolute Gasteiger partial charge is 0.489 e. The van der Waals surface area contributed by atoms with Gasteiger partial charge in [0.15, 0.2) is 4.77 Å². The number of hydrogen-bond acceptors (Lipinski definition) is 3. The summed E-state index contributed by atoms with van der Waals surface area (Å²) in [5.41, 5.74) is 2.01. The number of imidazole rings is 1. The molecule has 0 saturated carbocycles. The molecule has 1 aromatic heterocycles. The zero-order valence-electron chi connectivity index (χ0n) is 12.5. The van der Waals surface area contributed by atoms with E-state index in [9.17, 15) is 0 Å². The first-order valence-electron chi connectivity index (χ1n) is 6.99. The summed E-state index contributed by atoms with van der Waals surface area (Å²) in [6.07, 6.45) is 0.365. The van der Waals surface area contributed by atoms with Gasteiger partial charge in [-0.25, -0.2) is 0 Å². The zero-order valence-corrected chi connectivity index (χ0v) is 13.3. The third-order valence-corrected chi connectivity index (χ3v) is 3.22. The van der Waals surface area contributed by atoms with Gasteiger partial charge < -0.3 is 19.0 Å². The van der Waals surface area contributed by atoms with Gasteiger partial charge in [0, 0.05) is 6.54 Å². The third kappa shape index (κ3) is 3.41. The fourth-order valence-electron chi connectivity index (χ4n) is 2.11. The SMILES string of the molecule is CC(C)OCCn1c(=S)[nH]c2c(OC(C)C)cccc21. The van der Waals surface area contributed by atoms with Crippen LogP contribution in [0.4, 0.5) is 0 Å². The summed E-state index contributed by atoms with van der Waals surface area (Å²) in [6, 6.07) is 6.00. The lowest BCUT2D eigenvalue weighted by Gasteiger charge is -2.11. The molecular weight excluding hydrogens is 272 g/mol. The van der Waals surface area contributed by atoms with Crippen molar-refractivity contribution in [1.82, 2.24) is 9.55 Å². The van der Waals surface area contributed by atoms with Crippen molar-refractivity contribution in [3.8, 4) is 5.75 Å². The number of fused-ring (bicyclic) bond motifs is 1. The van der Waals surface area contributed by atoms with Crippen LogP contribution in [-0.4, -0.2) is 28.4 Å². The van der Waals surface area contributed by atoms with Crippen molar-refractivity contribution in [3.63, 3.8) is 0 Å². The highest BCUT2D eigenvalue weighted by atomic mass is 32.1. The first-order chi connectivity index (χ1) is 9.49. The molecule has 2 aromatic rings. The number of aromatic amines is 1. The van der Waals surface area contributed by atoms with Gasteiger partial charge >= 0.3 is 0 Å². The highest BCUT2D eigenvalue weighted by Gasteiger charge is 2.10. The maximum Gasteiger partial charge on any atom is 0.178 e. The molecule has 20 heavy (non-hydrogen) atoms. The van der Waals surface area contributed by atoms with Gasteiger partial charge in [-0.15, -0.1) is 0 Å². The van der Waals surface area contributed by atoms with E-state index in [1.807, 2.05) is 45.9 Å². The first kappa shape index (κ1) is 15.1. The van der Waals surface area contributed by atoms with E-state index >= 15 is 0 Å². The number of ether oxygens (including phenoxy) is 2. The van der Waals surface area contributed by atoms with Gasteiger partial charge in [0.2, 0.25) is 0 Å². The summed E-state index contributed by atoms with van der Waals surface area (Å²) in [6.45, 7) is 9.48. The van der Waals surface area contributed by atoms with Gasteiger partial charge in [-0.3, -0.25) is 0 Å². The second-order valence-electron chi connectivity index (χ2n) is 5.32. The Hall–Kier alpha value is -1.33. The highest BCUT2D eigenvalue weighted by Crippen LogP contribution is 2.25. The van der Waals surface area contributed by atoms with Gasteiger partial charge in [-0.05, 0) is 52.0 Å². The molecule has 0 radical (unpaired) electrons. The molecule has 0 atom stereocenters. The molecule has 0 amide bonds. The Morgan fingerprint density at radius 2 is 1.95 bits per heavy atom. The van der Waals surface area contributed by atoms with Crippen LogP contribution in [0.15, 0.2) is 18.2 Å². The van der Waals surface area contributed by atoms with Gasteiger partial charge in [-0.2, -0.15) is 0 Å². The van der Waals surface area contributed by atoms with Gasteiger partial charge in [0.1, 0.15) is 11.3 Å². The summed E-state index contributed by atoms with van der Waals surface area (Å²) in [7, 11) is 0. The quantitative estimate of drug-likeness (QED) is 0.821. The molecule has 0 saturated heterocycles. The van der Waals surface area contributed by atoms with E-state index in [1.165, 1.54) is 0 Å². The number of benzene rings is 1. The van der Waals surface area contributed by atoms with Crippen LogP contribution in [0.1, 0.15) is 27.7 Å². The average Bonchev–Trinajstić information content (AvgIpc) is 2.66. The Morgan fingerprint density at radius 3 is 2.60 bits per heavy atom. The molecule has 1 aromatic carbocycles. The molecule has 0 aliphatic heterocycles. The van der Waals surface area contributed by atoms with Crippen molar-refractivity contribution in [2.24, 2.45) is 0 Å². The maximum absolute atomic E-state index is 5.82. The second kappa shape index (κ2) is 6.41. The number of hydrogen-bond donors (Lipinski definition) is 1. The number of para-hydroxylation sites is 1. The molecule has 2 rings (SSSR count). The van der Waals surface area contributed by atoms with E-state index in [-0.39, 0.29) is 12.2 Å². The molecule has 110 valence electrons. The lowest BCUT2D eigenvalue weighted by Crippen LogP contribution is -2.10. The van der Waals surface area contributed by atoms with E-state index in [2.05, 4.69) is 9.55 Å². The summed E-state index contributed by atoms with van der Waals surface area (Å²) in [5, 5.41) is 0. The minimum Gasteiger partial charge on any atom is -0.489 e. The van der Waals surface area contributed by atoms with Crippen molar-refractivity contribution in [1.29, 1.82) is 0 Å². The number of nitrogens with one attached hydrogen (secondary N) is 1. The topological polar surface area (TPSA) is 39.2 Å². The van der Waals surface area contributed by atoms with Crippen LogP contribution in [-0.2, 0) is 11.3 Å². The molecule has 0 aliphatic carbocycles. The molecule has 5 heteroatoms. The third-order valence-electron chi connectivity index (χ3n) is 2.90. The van der Waals surface area contributed by atoms with E-state index in [0.29, 0.717) is 11.4 Å². The van der Waals surface area contributed by atoms with Crippen LogP contribution < -0.4 is 4.74 Å². The Kier molecular flexibility index (Phi) is 4.83. The van der Waals surface area contributed by atoms with Crippen molar-refractivity contribution >= 4 is 23.3 Å². The van der Waals surface area contributed by atoms with E-state index in [1.54, 1.807) is 0 Å². The van der Waals surface area contributed by atoms with Crippen LogP contribution in [0.2, 0.25) is 0 Å². The standard InChI is InChI=1S/C15H22N2O2S/c1-10(2)18-9-8-17-12-6-5-7-13(19-11(3)4)14(12)16-15(17)20/h5-7,10-11H,8-9H2,1-4H3,(H,16,20). The van der Waals surface area contributed by atoms with Gasteiger partial charge in [-0.1, -0.05) is 6.07 Å². The molecule has 0 fully saturated rings. The summed E-state index contributed by atoms with van der Waals surface area (Å²) >= 11 is 5.40. The van der Waals surface area contributed by atoms with Crippen LogP contribution >= 0.6 is 12.2 Å². The molecule has 0 unspecified atom stereocenters. The van der Waals surface area contributed by atoms with E-state index in [4.69, 9.17) is 21.7 Å². The number of H-pyrrole nitrogens is 1. The second-order valence-corrected chi connectivity index (χ2v) is 5.70. The predicted octanol–water partition coefficient (Wildman–Crippen LogP) is 3.91. The van der Waals surface area contributed by atoms with Gasteiger partial charge in [0.05, 0.1) is 24.3 Å². The Balaban J connectivity index is 2.32. The molecule has 1 heterocycles. The predicted molar refractivity (Wildman–Crippen MR) is 84.0 cm³/mol. The first-order valence-corrected chi connectivity index (χ1v) is 7.39. The minimum absolute atomic E-state index is 0.134. The van der Waals surface area contributed by atoms with Crippen molar-refractivity contribution in [2.45, 2.75) is 46.4 Å². The fourth-order valence-corrected chi connectivity index (χ4v) is 2.40. The van der Waals surface area contributed by atoms with Crippen LogP contribution in [0.5, 0.6) is 5.75 Å². The summed E-state index contributed by atoms with van der Waals surface area (Å²) in [5.74, 6) is 0.840. The van der Waals surface area contributed by atoms with Crippen LogP contribution in [0, 0.1) is 4.77 Å². The maximum atomic E-state index is 5.82. The van der Waals surface area contributed by atoms with Gasteiger partial charge in [0.25, 0.3) is 0 Å². The summed E-state index contributed by atoms with van der Waals surface area (Å²) in [4.78, 5) is 3.24. The molecule has 0 aliphatic rings. The van der Waals surface area contributed by atoms with Crippen LogP contribution in [0.25, 0.3) is 11.0 Å². The smallest absolute Gasteiger partial charge is 0.178 e. The Labute approximate surface area is 124 Å². The summed E-state index contributed by atoms with van der Waals surface area (Å²) < 4.78 is 14.2. The zero-order chi connectivity index (χ0) is 14.7. The fraction of sp³-hybridized carbons (Fsp3) is 0.533. The number of rotatable bonds is 6. The minimum atomic E-state index is 0.134. The van der Waals surface area contributed by atoms with E-state index < -0.39 is 0 Å². The monoisotopic (exact) mass is 294 g/mol. The van der Waals surface area contributed by atoms with E-state index in [0.717, 1.165) is 23.3 Å².